The third-order valence-corrected chi connectivity index (χ3v) is 3.01. The van der Waals surface area contributed by atoms with Crippen molar-refractivity contribution in [3.05, 3.63) is 58.6 Å². The molecular formula is C13H11BrN2S. The maximum absolute atomic E-state index is 5.71. The van der Waals surface area contributed by atoms with Gasteiger partial charge in [0.25, 0.3) is 0 Å². The van der Waals surface area contributed by atoms with Gasteiger partial charge in [-0.15, -0.1) is 0 Å². The number of benzene rings is 2. The summed E-state index contributed by atoms with van der Waals surface area (Å²) in [5.41, 5.74) is 8.46. The van der Waals surface area contributed by atoms with Crippen molar-refractivity contribution in [1.29, 1.82) is 0 Å². The molecule has 0 atom stereocenters. The number of thiocarbonyl (C=S) groups is 1. The van der Waals surface area contributed by atoms with E-state index in [-0.39, 0.29) is 0 Å². The summed E-state index contributed by atoms with van der Waals surface area (Å²) < 4.78 is 0.957. The lowest BCUT2D eigenvalue weighted by molar-refractivity contribution is 1.51. The molecule has 0 aliphatic heterocycles. The molecule has 0 spiro atoms. The second-order valence-electron chi connectivity index (χ2n) is 3.55. The van der Waals surface area contributed by atoms with E-state index in [0.717, 1.165) is 21.4 Å². The van der Waals surface area contributed by atoms with Gasteiger partial charge in [-0.1, -0.05) is 46.3 Å². The van der Waals surface area contributed by atoms with Gasteiger partial charge in [0.2, 0.25) is 0 Å². The van der Waals surface area contributed by atoms with Crippen LogP contribution in [0.5, 0.6) is 0 Å². The maximum Gasteiger partial charge on any atom is 0.106 e. The Morgan fingerprint density at radius 3 is 2.47 bits per heavy atom. The fourth-order valence-electron chi connectivity index (χ4n) is 1.51. The smallest absolute Gasteiger partial charge is 0.106 e. The predicted molar refractivity (Wildman–Crippen MR) is 79.8 cm³/mol. The number of rotatable bonds is 3. The summed E-state index contributed by atoms with van der Waals surface area (Å²) in [6.45, 7) is 0. The summed E-state index contributed by atoms with van der Waals surface area (Å²) in [5.74, 6) is 0. The molecule has 0 heterocycles. The van der Waals surface area contributed by atoms with Crippen LogP contribution in [0.15, 0.2) is 53.0 Å². The van der Waals surface area contributed by atoms with Crippen LogP contribution in [-0.4, -0.2) is 4.99 Å². The van der Waals surface area contributed by atoms with Crippen molar-refractivity contribution in [2.45, 2.75) is 0 Å². The minimum atomic E-state index is 0.379. The average molecular weight is 307 g/mol. The van der Waals surface area contributed by atoms with E-state index in [1.165, 1.54) is 0 Å². The van der Waals surface area contributed by atoms with Crippen LogP contribution in [0.25, 0.3) is 0 Å². The zero-order chi connectivity index (χ0) is 12.3. The van der Waals surface area contributed by atoms with E-state index in [2.05, 4.69) is 21.2 Å². The number of nitrogens with two attached hydrogens (primary N) is 1. The third-order valence-electron chi connectivity index (χ3n) is 2.30. The van der Waals surface area contributed by atoms with Gasteiger partial charge in [0.1, 0.15) is 4.99 Å². The summed E-state index contributed by atoms with van der Waals surface area (Å²) in [5, 5.41) is 3.29. The van der Waals surface area contributed by atoms with Crippen LogP contribution in [-0.2, 0) is 0 Å². The number of hydrogen-bond donors (Lipinski definition) is 2. The fourth-order valence-corrected chi connectivity index (χ4v) is 2.04. The van der Waals surface area contributed by atoms with Crippen molar-refractivity contribution < 1.29 is 0 Å². The second kappa shape index (κ2) is 5.29. The number of nitrogens with one attached hydrogen (secondary N) is 1. The zero-order valence-electron chi connectivity index (χ0n) is 8.98. The molecule has 2 nitrogen and oxygen atoms in total. The predicted octanol–water partition coefficient (Wildman–Crippen LogP) is 3.83. The molecule has 3 N–H and O–H groups in total. The van der Waals surface area contributed by atoms with Gasteiger partial charge < -0.3 is 11.1 Å². The standard InChI is InChI=1S/C13H11BrN2S/c14-9-6-7-12(11(8-9)13(15)17)16-10-4-2-1-3-5-10/h1-8,16H,(H2,15,17). The van der Waals surface area contributed by atoms with Crippen LogP contribution >= 0.6 is 28.1 Å². The molecule has 2 rings (SSSR count). The van der Waals surface area contributed by atoms with Gasteiger partial charge in [0.15, 0.2) is 0 Å². The first-order valence-corrected chi connectivity index (χ1v) is 6.28. The Balaban J connectivity index is 2.36. The molecule has 0 saturated heterocycles. The molecule has 2 aromatic rings. The molecule has 0 amide bonds. The lowest BCUT2D eigenvalue weighted by Gasteiger charge is -2.11. The van der Waals surface area contributed by atoms with Crippen molar-refractivity contribution >= 4 is 44.5 Å². The van der Waals surface area contributed by atoms with Gasteiger partial charge in [-0.3, -0.25) is 0 Å². The summed E-state index contributed by atoms with van der Waals surface area (Å²) >= 11 is 8.45. The third kappa shape index (κ3) is 3.05. The monoisotopic (exact) mass is 306 g/mol. The maximum atomic E-state index is 5.71. The molecule has 0 unspecified atom stereocenters. The molecule has 0 bridgehead atoms. The number of anilines is 2. The number of halogens is 1. The van der Waals surface area contributed by atoms with Crippen molar-refractivity contribution in [2.24, 2.45) is 5.73 Å². The highest BCUT2D eigenvalue weighted by Crippen LogP contribution is 2.24. The molecule has 0 radical (unpaired) electrons. The van der Waals surface area contributed by atoms with E-state index in [1.54, 1.807) is 0 Å². The molecule has 0 aromatic heterocycles. The highest BCUT2D eigenvalue weighted by molar-refractivity contribution is 9.10. The quantitative estimate of drug-likeness (QED) is 0.847. The van der Waals surface area contributed by atoms with Crippen LogP contribution in [0.2, 0.25) is 0 Å². The van der Waals surface area contributed by atoms with Gasteiger partial charge in [-0.25, -0.2) is 0 Å². The Labute approximate surface area is 114 Å². The topological polar surface area (TPSA) is 38.0 Å². The molecule has 86 valence electrons. The van der Waals surface area contributed by atoms with E-state index >= 15 is 0 Å². The Kier molecular flexibility index (Phi) is 3.76. The Morgan fingerprint density at radius 2 is 1.82 bits per heavy atom. The molecule has 2 aromatic carbocycles. The Bertz CT molecular complexity index is 540. The summed E-state index contributed by atoms with van der Waals surface area (Å²) in [7, 11) is 0. The largest absolute Gasteiger partial charge is 0.389 e. The van der Waals surface area contributed by atoms with Gasteiger partial charge in [-0.2, -0.15) is 0 Å². The van der Waals surface area contributed by atoms with E-state index in [4.69, 9.17) is 18.0 Å². The highest BCUT2D eigenvalue weighted by atomic mass is 79.9. The van der Waals surface area contributed by atoms with Crippen LogP contribution in [0.1, 0.15) is 5.56 Å². The van der Waals surface area contributed by atoms with Crippen LogP contribution in [0.3, 0.4) is 0 Å². The lowest BCUT2D eigenvalue weighted by Crippen LogP contribution is -2.11. The Morgan fingerprint density at radius 1 is 1.12 bits per heavy atom. The zero-order valence-corrected chi connectivity index (χ0v) is 11.4. The normalized spacial score (nSPS) is 9.94. The highest BCUT2D eigenvalue weighted by Gasteiger charge is 2.06. The molecule has 0 aliphatic rings. The van der Waals surface area contributed by atoms with Gasteiger partial charge in [0.05, 0.1) is 0 Å². The van der Waals surface area contributed by atoms with E-state index in [1.807, 2.05) is 48.5 Å². The van der Waals surface area contributed by atoms with Crippen molar-refractivity contribution in [3.8, 4) is 0 Å². The summed E-state index contributed by atoms with van der Waals surface area (Å²) in [6, 6.07) is 15.7. The number of hydrogen-bond acceptors (Lipinski definition) is 2. The summed E-state index contributed by atoms with van der Waals surface area (Å²) in [6.07, 6.45) is 0. The minimum absolute atomic E-state index is 0.379. The fraction of sp³-hybridized carbons (Fsp3) is 0. The molecular weight excluding hydrogens is 296 g/mol. The van der Waals surface area contributed by atoms with Gasteiger partial charge in [0, 0.05) is 21.4 Å². The minimum Gasteiger partial charge on any atom is -0.389 e. The van der Waals surface area contributed by atoms with Crippen molar-refractivity contribution in [3.63, 3.8) is 0 Å². The van der Waals surface area contributed by atoms with Gasteiger partial charge >= 0.3 is 0 Å². The van der Waals surface area contributed by atoms with Crippen molar-refractivity contribution in [2.75, 3.05) is 5.32 Å². The van der Waals surface area contributed by atoms with Crippen molar-refractivity contribution in [1.82, 2.24) is 0 Å². The van der Waals surface area contributed by atoms with Crippen LogP contribution < -0.4 is 11.1 Å². The average Bonchev–Trinajstić information content (AvgIpc) is 2.32. The molecule has 0 saturated carbocycles. The summed E-state index contributed by atoms with van der Waals surface area (Å²) in [4.78, 5) is 0.379. The first kappa shape index (κ1) is 12.1. The SMILES string of the molecule is NC(=S)c1cc(Br)ccc1Nc1ccccc1. The molecule has 0 fully saturated rings. The van der Waals surface area contributed by atoms with Crippen LogP contribution in [0.4, 0.5) is 11.4 Å². The first-order valence-electron chi connectivity index (χ1n) is 5.08. The van der Waals surface area contributed by atoms with Gasteiger partial charge in [-0.05, 0) is 30.3 Å². The Hall–Kier alpha value is -1.39. The first-order chi connectivity index (χ1) is 8.16. The van der Waals surface area contributed by atoms with E-state index in [9.17, 15) is 0 Å². The molecule has 4 heteroatoms. The van der Waals surface area contributed by atoms with E-state index < -0.39 is 0 Å². The molecule has 0 aliphatic carbocycles. The lowest BCUT2D eigenvalue weighted by atomic mass is 10.1. The van der Waals surface area contributed by atoms with Crippen LogP contribution in [0, 0.1) is 0 Å². The second-order valence-corrected chi connectivity index (χ2v) is 4.90. The number of para-hydroxylation sites is 1. The molecule has 17 heavy (non-hydrogen) atoms. The van der Waals surface area contributed by atoms with E-state index in [0.29, 0.717) is 4.99 Å².